The second-order valence-corrected chi connectivity index (χ2v) is 4.70. The summed E-state index contributed by atoms with van der Waals surface area (Å²) in [5.41, 5.74) is 2.20. The van der Waals surface area contributed by atoms with E-state index >= 15 is 0 Å². The fourth-order valence-corrected chi connectivity index (χ4v) is 1.86. The minimum atomic E-state index is -0.476. The summed E-state index contributed by atoms with van der Waals surface area (Å²) in [7, 11) is 0. The number of anilines is 1. The second kappa shape index (κ2) is 7.52. The van der Waals surface area contributed by atoms with E-state index in [1.807, 2.05) is 0 Å². The molecule has 0 unspecified atom stereocenters. The maximum Gasteiger partial charge on any atom is 0.269 e. The number of nitro benzene ring substituents is 1. The average Bonchev–Trinajstić information content (AvgIpc) is 2.55. The van der Waals surface area contributed by atoms with E-state index in [4.69, 9.17) is 5.26 Å². The summed E-state index contributed by atoms with van der Waals surface area (Å²) < 4.78 is 0. The first-order chi connectivity index (χ1) is 11.1. The zero-order valence-corrected chi connectivity index (χ0v) is 12.1. The van der Waals surface area contributed by atoms with E-state index < -0.39 is 4.92 Å². The highest BCUT2D eigenvalue weighted by atomic mass is 16.6. The van der Waals surface area contributed by atoms with Crippen LogP contribution < -0.4 is 5.32 Å². The molecular weight excluding hydrogens is 294 g/mol. The van der Waals surface area contributed by atoms with Crippen LogP contribution in [0.4, 0.5) is 11.4 Å². The molecule has 0 aliphatic rings. The van der Waals surface area contributed by atoms with Gasteiger partial charge in [-0.25, -0.2) is 0 Å². The number of benzene rings is 2. The van der Waals surface area contributed by atoms with Crippen molar-refractivity contribution in [3.8, 4) is 6.07 Å². The molecule has 0 aromatic heterocycles. The number of carbonyl (C=O) groups is 1. The molecule has 0 saturated carbocycles. The zero-order valence-electron chi connectivity index (χ0n) is 12.1. The lowest BCUT2D eigenvalue weighted by molar-refractivity contribution is -0.384. The predicted molar refractivity (Wildman–Crippen MR) is 86.5 cm³/mol. The first kappa shape index (κ1) is 15.9. The number of nitrogens with one attached hydrogen (secondary N) is 1. The van der Waals surface area contributed by atoms with E-state index in [1.54, 1.807) is 42.5 Å². The summed E-state index contributed by atoms with van der Waals surface area (Å²) in [6.45, 7) is 0. The van der Waals surface area contributed by atoms with Crippen molar-refractivity contribution in [2.45, 2.75) is 6.42 Å². The third-order valence-corrected chi connectivity index (χ3v) is 3.04. The molecule has 0 aliphatic carbocycles. The normalized spacial score (nSPS) is 10.2. The fourth-order valence-electron chi connectivity index (χ4n) is 1.86. The Morgan fingerprint density at radius 3 is 2.39 bits per heavy atom. The van der Waals surface area contributed by atoms with Crippen LogP contribution in [0.1, 0.15) is 11.1 Å². The van der Waals surface area contributed by atoms with E-state index in [1.165, 1.54) is 18.2 Å². The molecule has 6 heteroatoms. The maximum atomic E-state index is 11.8. The predicted octanol–water partition coefficient (Wildman–Crippen LogP) is 3.31. The SMILES string of the molecule is N#CCc1ccc(NC(=O)/C=C/c2ccc([N+](=O)[O-])cc2)cc1. The number of nitriles is 1. The number of hydrogen-bond acceptors (Lipinski definition) is 4. The number of carbonyl (C=O) groups excluding carboxylic acids is 1. The van der Waals surface area contributed by atoms with Crippen molar-refractivity contribution in [1.82, 2.24) is 0 Å². The highest BCUT2D eigenvalue weighted by Crippen LogP contribution is 2.13. The molecule has 114 valence electrons. The van der Waals surface area contributed by atoms with Gasteiger partial charge in [-0.15, -0.1) is 0 Å². The van der Waals surface area contributed by atoms with Gasteiger partial charge in [0, 0.05) is 23.9 Å². The van der Waals surface area contributed by atoms with Gasteiger partial charge in [-0.3, -0.25) is 14.9 Å². The molecule has 2 aromatic rings. The number of nitrogens with zero attached hydrogens (tertiary/aromatic N) is 2. The van der Waals surface area contributed by atoms with Crippen molar-refractivity contribution >= 4 is 23.4 Å². The smallest absolute Gasteiger partial charge is 0.269 e. The summed E-state index contributed by atoms with van der Waals surface area (Å²) in [6.07, 6.45) is 3.25. The third-order valence-electron chi connectivity index (χ3n) is 3.04. The highest BCUT2D eigenvalue weighted by Gasteiger charge is 2.03. The van der Waals surface area contributed by atoms with Gasteiger partial charge in [-0.1, -0.05) is 12.1 Å². The monoisotopic (exact) mass is 307 g/mol. The molecule has 2 aromatic carbocycles. The molecule has 0 heterocycles. The molecule has 6 nitrogen and oxygen atoms in total. The van der Waals surface area contributed by atoms with Gasteiger partial charge < -0.3 is 5.32 Å². The minimum Gasteiger partial charge on any atom is -0.323 e. The first-order valence-electron chi connectivity index (χ1n) is 6.78. The molecule has 2 rings (SSSR count). The van der Waals surface area contributed by atoms with Gasteiger partial charge in [-0.2, -0.15) is 5.26 Å². The van der Waals surface area contributed by atoms with Gasteiger partial charge in [0.15, 0.2) is 0 Å². The number of hydrogen-bond donors (Lipinski definition) is 1. The molecule has 0 fully saturated rings. The molecule has 0 radical (unpaired) electrons. The topological polar surface area (TPSA) is 96.0 Å². The third kappa shape index (κ3) is 4.79. The van der Waals surface area contributed by atoms with Crippen molar-refractivity contribution in [1.29, 1.82) is 5.26 Å². The van der Waals surface area contributed by atoms with E-state index in [-0.39, 0.29) is 11.6 Å². The van der Waals surface area contributed by atoms with Gasteiger partial charge in [0.2, 0.25) is 5.91 Å². The molecule has 0 aliphatic heterocycles. The molecule has 0 saturated heterocycles. The number of rotatable bonds is 5. The Balaban J connectivity index is 1.95. The van der Waals surface area contributed by atoms with Crippen LogP contribution in [0, 0.1) is 21.4 Å². The summed E-state index contributed by atoms with van der Waals surface area (Å²) in [6, 6.07) is 15.0. The quantitative estimate of drug-likeness (QED) is 0.520. The Kier molecular flexibility index (Phi) is 5.21. The Hall–Kier alpha value is -3.46. The molecular formula is C17H13N3O3. The first-order valence-corrected chi connectivity index (χ1v) is 6.78. The summed E-state index contributed by atoms with van der Waals surface area (Å²) >= 11 is 0. The van der Waals surface area contributed by atoms with Crippen LogP contribution in [0.15, 0.2) is 54.6 Å². The van der Waals surface area contributed by atoms with Crippen molar-refractivity contribution in [3.05, 3.63) is 75.8 Å². The zero-order chi connectivity index (χ0) is 16.7. The standard InChI is InChI=1S/C17H13N3O3/c18-12-11-14-1-6-15(7-2-14)19-17(21)10-5-13-3-8-16(9-4-13)20(22)23/h1-10H,11H2,(H,19,21)/b10-5+. The van der Waals surface area contributed by atoms with E-state index in [9.17, 15) is 14.9 Å². The molecule has 1 N–H and O–H groups in total. The molecule has 0 bridgehead atoms. The Morgan fingerprint density at radius 1 is 1.17 bits per heavy atom. The minimum absolute atomic E-state index is 0.00376. The van der Waals surface area contributed by atoms with Gasteiger partial charge in [0.25, 0.3) is 5.69 Å². The lowest BCUT2D eigenvalue weighted by Crippen LogP contribution is -2.07. The Labute approximate surface area is 132 Å². The van der Waals surface area contributed by atoms with E-state index in [2.05, 4.69) is 11.4 Å². The maximum absolute atomic E-state index is 11.8. The molecule has 1 amide bonds. The Morgan fingerprint density at radius 2 is 1.83 bits per heavy atom. The van der Waals surface area contributed by atoms with E-state index in [0.717, 1.165) is 5.56 Å². The lowest BCUT2D eigenvalue weighted by atomic mass is 10.1. The molecule has 23 heavy (non-hydrogen) atoms. The van der Waals surface area contributed by atoms with Gasteiger partial charge in [0.05, 0.1) is 17.4 Å². The van der Waals surface area contributed by atoms with Crippen LogP contribution in [0.25, 0.3) is 6.08 Å². The summed E-state index contributed by atoms with van der Waals surface area (Å²) in [5, 5.41) is 21.8. The number of amides is 1. The van der Waals surface area contributed by atoms with Crippen molar-refractivity contribution < 1.29 is 9.72 Å². The average molecular weight is 307 g/mol. The number of nitro groups is 1. The van der Waals surface area contributed by atoms with Crippen LogP contribution in [0.3, 0.4) is 0 Å². The summed E-state index contributed by atoms with van der Waals surface area (Å²) in [5.74, 6) is -0.309. The fraction of sp³-hybridized carbons (Fsp3) is 0.0588. The van der Waals surface area contributed by atoms with Crippen LogP contribution in [-0.4, -0.2) is 10.8 Å². The molecule has 0 atom stereocenters. The van der Waals surface area contributed by atoms with Crippen LogP contribution in [0.5, 0.6) is 0 Å². The van der Waals surface area contributed by atoms with Crippen molar-refractivity contribution in [3.63, 3.8) is 0 Å². The van der Waals surface area contributed by atoms with Crippen molar-refractivity contribution in [2.75, 3.05) is 5.32 Å². The highest BCUT2D eigenvalue weighted by molar-refractivity contribution is 6.01. The van der Waals surface area contributed by atoms with E-state index in [0.29, 0.717) is 17.7 Å². The van der Waals surface area contributed by atoms with Crippen LogP contribution in [0.2, 0.25) is 0 Å². The van der Waals surface area contributed by atoms with Crippen LogP contribution >= 0.6 is 0 Å². The number of non-ortho nitro benzene ring substituents is 1. The van der Waals surface area contributed by atoms with Gasteiger partial charge in [0.1, 0.15) is 0 Å². The molecule has 0 spiro atoms. The van der Waals surface area contributed by atoms with Gasteiger partial charge >= 0.3 is 0 Å². The largest absolute Gasteiger partial charge is 0.323 e. The summed E-state index contributed by atoms with van der Waals surface area (Å²) in [4.78, 5) is 21.9. The lowest BCUT2D eigenvalue weighted by Gasteiger charge is -2.02. The van der Waals surface area contributed by atoms with Crippen LogP contribution in [-0.2, 0) is 11.2 Å². The Bertz CT molecular complexity index is 772. The van der Waals surface area contributed by atoms with Gasteiger partial charge in [-0.05, 0) is 41.5 Å². The second-order valence-electron chi connectivity index (χ2n) is 4.70. The van der Waals surface area contributed by atoms with Crippen molar-refractivity contribution in [2.24, 2.45) is 0 Å².